The third kappa shape index (κ3) is 3.42. The number of nitrogens with zero attached hydrogens (tertiary/aromatic N) is 3. The van der Waals surface area contributed by atoms with Crippen LogP contribution in [0.5, 0.6) is 5.75 Å². The van der Waals surface area contributed by atoms with Gasteiger partial charge in [0, 0.05) is 5.69 Å². The molecule has 0 fully saturated rings. The van der Waals surface area contributed by atoms with Crippen molar-refractivity contribution in [1.82, 2.24) is 9.55 Å². The van der Waals surface area contributed by atoms with Gasteiger partial charge in [0.1, 0.15) is 17.6 Å². The number of rotatable bonds is 6. The SMILES string of the molecule is COc1ccc(NC(=O)CC2C(=O)N(Cc3ccco3)c3nc4ccccc4n32)cc1. The summed E-state index contributed by atoms with van der Waals surface area (Å²) in [6.45, 7) is 0.256. The number of benzene rings is 2. The Labute approximate surface area is 178 Å². The number of hydrogen-bond donors (Lipinski definition) is 1. The van der Waals surface area contributed by atoms with Gasteiger partial charge in [-0.05, 0) is 48.5 Å². The second kappa shape index (κ2) is 7.64. The number of anilines is 2. The van der Waals surface area contributed by atoms with Gasteiger partial charge in [0.25, 0.3) is 5.91 Å². The first-order chi connectivity index (χ1) is 15.1. The molecular formula is C23H20N4O4. The van der Waals surface area contributed by atoms with Crippen molar-refractivity contribution in [3.8, 4) is 5.75 Å². The van der Waals surface area contributed by atoms with E-state index >= 15 is 0 Å². The Morgan fingerprint density at radius 3 is 2.68 bits per heavy atom. The molecule has 5 rings (SSSR count). The number of carbonyl (C=O) groups excluding carboxylic acids is 2. The normalized spacial score (nSPS) is 15.3. The largest absolute Gasteiger partial charge is 0.497 e. The van der Waals surface area contributed by atoms with Crippen molar-refractivity contribution in [2.75, 3.05) is 17.3 Å². The van der Waals surface area contributed by atoms with Gasteiger partial charge in [-0.2, -0.15) is 0 Å². The molecule has 2 aromatic carbocycles. The Kier molecular flexibility index (Phi) is 4.66. The van der Waals surface area contributed by atoms with Crippen LogP contribution >= 0.6 is 0 Å². The first-order valence-corrected chi connectivity index (χ1v) is 9.88. The van der Waals surface area contributed by atoms with Crippen LogP contribution in [-0.4, -0.2) is 28.5 Å². The molecule has 0 aliphatic carbocycles. The summed E-state index contributed by atoms with van der Waals surface area (Å²) in [6, 6.07) is 17.5. The lowest BCUT2D eigenvalue weighted by Gasteiger charge is -2.15. The molecule has 0 saturated carbocycles. The predicted molar refractivity (Wildman–Crippen MR) is 115 cm³/mol. The molecule has 1 unspecified atom stereocenters. The van der Waals surface area contributed by atoms with E-state index in [1.807, 2.05) is 34.9 Å². The molecule has 3 heterocycles. The molecule has 0 radical (unpaired) electrons. The van der Waals surface area contributed by atoms with E-state index in [1.165, 1.54) is 0 Å². The molecule has 1 aliphatic rings. The first kappa shape index (κ1) is 18.9. The van der Waals surface area contributed by atoms with Crippen LogP contribution in [0.1, 0.15) is 18.2 Å². The van der Waals surface area contributed by atoms with Gasteiger partial charge < -0.3 is 14.5 Å². The first-order valence-electron chi connectivity index (χ1n) is 9.88. The molecule has 1 N–H and O–H groups in total. The number of amides is 2. The highest BCUT2D eigenvalue weighted by Gasteiger charge is 2.41. The average Bonchev–Trinajstić information content (AvgIpc) is 3.48. The zero-order valence-corrected chi connectivity index (χ0v) is 16.8. The molecule has 2 aromatic heterocycles. The molecular weight excluding hydrogens is 396 g/mol. The van der Waals surface area contributed by atoms with Gasteiger partial charge in [-0.1, -0.05) is 12.1 Å². The Morgan fingerprint density at radius 1 is 1.13 bits per heavy atom. The van der Waals surface area contributed by atoms with Crippen LogP contribution in [0.25, 0.3) is 11.0 Å². The van der Waals surface area contributed by atoms with E-state index in [2.05, 4.69) is 10.3 Å². The number of imidazole rings is 1. The molecule has 0 spiro atoms. The van der Waals surface area contributed by atoms with Gasteiger partial charge in [0.05, 0.1) is 37.4 Å². The summed E-state index contributed by atoms with van der Waals surface area (Å²) >= 11 is 0. The van der Waals surface area contributed by atoms with Gasteiger partial charge in [0.2, 0.25) is 11.9 Å². The van der Waals surface area contributed by atoms with Crippen LogP contribution in [0.2, 0.25) is 0 Å². The Morgan fingerprint density at radius 2 is 1.94 bits per heavy atom. The standard InChI is InChI=1S/C23H20N4O4/c1-30-16-10-8-15(9-11-16)24-21(28)13-20-22(29)26(14-17-5-4-12-31-17)23-25-18-6-2-3-7-19(18)27(20)23/h2-12,20H,13-14H2,1H3,(H,24,28). The molecule has 0 bridgehead atoms. The van der Waals surface area contributed by atoms with Gasteiger partial charge in [-0.3, -0.25) is 19.1 Å². The maximum absolute atomic E-state index is 13.3. The summed E-state index contributed by atoms with van der Waals surface area (Å²) in [5.41, 5.74) is 2.23. The van der Waals surface area contributed by atoms with Crippen molar-refractivity contribution >= 4 is 34.5 Å². The van der Waals surface area contributed by atoms with E-state index in [-0.39, 0.29) is 24.8 Å². The van der Waals surface area contributed by atoms with Crippen LogP contribution in [0, 0.1) is 0 Å². The van der Waals surface area contributed by atoms with Crippen molar-refractivity contribution in [1.29, 1.82) is 0 Å². The fraction of sp³-hybridized carbons (Fsp3) is 0.174. The number of aromatic nitrogens is 2. The second-order valence-corrected chi connectivity index (χ2v) is 7.27. The minimum Gasteiger partial charge on any atom is -0.497 e. The summed E-state index contributed by atoms with van der Waals surface area (Å²) in [7, 11) is 1.58. The molecule has 1 atom stereocenters. The third-order valence-corrected chi connectivity index (χ3v) is 5.33. The molecule has 1 aliphatic heterocycles. The number of methoxy groups -OCH3 is 1. The van der Waals surface area contributed by atoms with Crippen molar-refractivity contribution < 1.29 is 18.7 Å². The number of nitrogens with one attached hydrogen (secondary N) is 1. The van der Waals surface area contributed by atoms with Crippen molar-refractivity contribution in [3.63, 3.8) is 0 Å². The molecule has 4 aromatic rings. The number of furan rings is 1. The minimum absolute atomic E-state index is 0.00707. The average molecular weight is 416 g/mol. The van der Waals surface area contributed by atoms with Crippen LogP contribution in [0.4, 0.5) is 11.6 Å². The van der Waals surface area contributed by atoms with Crippen LogP contribution in [0.3, 0.4) is 0 Å². The van der Waals surface area contributed by atoms with E-state index < -0.39 is 6.04 Å². The Bertz CT molecular complexity index is 1240. The number of fused-ring (bicyclic) bond motifs is 3. The van der Waals surface area contributed by atoms with Crippen molar-refractivity contribution in [2.45, 2.75) is 19.0 Å². The molecule has 156 valence electrons. The van der Waals surface area contributed by atoms with E-state index in [0.29, 0.717) is 23.1 Å². The van der Waals surface area contributed by atoms with Crippen molar-refractivity contribution in [2.24, 2.45) is 0 Å². The fourth-order valence-corrected chi connectivity index (χ4v) is 3.87. The highest BCUT2D eigenvalue weighted by atomic mass is 16.5. The van der Waals surface area contributed by atoms with Crippen LogP contribution in [-0.2, 0) is 16.1 Å². The van der Waals surface area contributed by atoms with Gasteiger partial charge in [-0.15, -0.1) is 0 Å². The second-order valence-electron chi connectivity index (χ2n) is 7.27. The number of para-hydroxylation sites is 2. The summed E-state index contributed by atoms with van der Waals surface area (Å²) < 4.78 is 12.4. The maximum atomic E-state index is 13.3. The molecule has 8 nitrogen and oxygen atoms in total. The topological polar surface area (TPSA) is 89.6 Å². The zero-order chi connectivity index (χ0) is 21.4. The Balaban J connectivity index is 1.44. The highest BCUT2D eigenvalue weighted by molar-refractivity contribution is 6.05. The third-order valence-electron chi connectivity index (χ3n) is 5.33. The summed E-state index contributed by atoms with van der Waals surface area (Å²) in [6.07, 6.45) is 1.56. The highest BCUT2D eigenvalue weighted by Crippen LogP contribution is 2.37. The molecule has 8 heteroatoms. The van der Waals surface area contributed by atoms with E-state index in [0.717, 1.165) is 11.0 Å². The number of carbonyl (C=O) groups is 2. The van der Waals surface area contributed by atoms with Gasteiger partial charge in [0.15, 0.2) is 0 Å². The fourth-order valence-electron chi connectivity index (χ4n) is 3.87. The minimum atomic E-state index is -0.685. The van der Waals surface area contributed by atoms with Crippen molar-refractivity contribution in [3.05, 3.63) is 72.7 Å². The summed E-state index contributed by atoms with van der Waals surface area (Å²) in [4.78, 5) is 32.3. The summed E-state index contributed by atoms with van der Waals surface area (Å²) in [5.74, 6) is 1.42. The van der Waals surface area contributed by atoms with E-state index in [9.17, 15) is 9.59 Å². The lowest BCUT2D eigenvalue weighted by atomic mass is 10.1. The quantitative estimate of drug-likeness (QED) is 0.517. The van der Waals surface area contributed by atoms with E-state index in [4.69, 9.17) is 9.15 Å². The summed E-state index contributed by atoms with van der Waals surface area (Å²) in [5, 5.41) is 2.85. The lowest BCUT2D eigenvalue weighted by Crippen LogP contribution is -2.30. The molecule has 31 heavy (non-hydrogen) atoms. The maximum Gasteiger partial charge on any atom is 0.253 e. The zero-order valence-electron chi connectivity index (χ0n) is 16.8. The monoisotopic (exact) mass is 416 g/mol. The number of hydrogen-bond acceptors (Lipinski definition) is 5. The predicted octanol–water partition coefficient (Wildman–Crippen LogP) is 3.75. The van der Waals surface area contributed by atoms with Gasteiger partial charge >= 0.3 is 0 Å². The lowest BCUT2D eigenvalue weighted by molar-refractivity contribution is -0.124. The molecule has 0 saturated heterocycles. The van der Waals surface area contributed by atoms with Gasteiger partial charge in [-0.25, -0.2) is 4.98 Å². The Hall–Kier alpha value is -4.07. The van der Waals surface area contributed by atoms with Crippen LogP contribution in [0.15, 0.2) is 71.3 Å². The van der Waals surface area contributed by atoms with Crippen LogP contribution < -0.4 is 15.0 Å². The van der Waals surface area contributed by atoms with E-state index in [1.54, 1.807) is 48.6 Å². The number of ether oxygens (including phenoxy) is 1. The molecule has 2 amide bonds. The smallest absolute Gasteiger partial charge is 0.253 e.